The molecule has 2 aromatic rings. The molecule has 0 saturated heterocycles. The van der Waals surface area contributed by atoms with Gasteiger partial charge in [-0.3, -0.25) is 4.79 Å². The molecule has 0 fully saturated rings. The van der Waals surface area contributed by atoms with Crippen molar-refractivity contribution < 1.29 is 9.53 Å². The molecule has 0 bridgehead atoms. The number of fused-ring (bicyclic) bond motifs is 1. The van der Waals surface area contributed by atoms with Gasteiger partial charge in [0.25, 0.3) is 5.91 Å². The number of rotatable bonds is 3. The maximum Gasteiger partial charge on any atom is 0.253 e. The second kappa shape index (κ2) is 7.50. The van der Waals surface area contributed by atoms with Crippen molar-refractivity contribution in [3.05, 3.63) is 46.8 Å². The predicted octanol–water partition coefficient (Wildman–Crippen LogP) is 3.38. The maximum atomic E-state index is 12.9. The summed E-state index contributed by atoms with van der Waals surface area (Å²) in [4.78, 5) is 12.9. The minimum atomic E-state index is -0.374. The quantitative estimate of drug-likeness (QED) is 0.801. The van der Waals surface area contributed by atoms with Crippen LogP contribution in [0.15, 0.2) is 24.3 Å². The smallest absolute Gasteiger partial charge is 0.253 e. The van der Waals surface area contributed by atoms with Gasteiger partial charge < -0.3 is 15.8 Å². The van der Waals surface area contributed by atoms with Crippen LogP contribution in [0.2, 0.25) is 0 Å². The van der Waals surface area contributed by atoms with Crippen molar-refractivity contribution in [3.8, 4) is 5.75 Å². The van der Waals surface area contributed by atoms with Gasteiger partial charge in [0.2, 0.25) is 0 Å². The molecule has 140 valence electrons. The Labute approximate surface area is 159 Å². The first-order chi connectivity index (χ1) is 11.8. The third-order valence-electron chi connectivity index (χ3n) is 4.37. The highest BCUT2D eigenvalue weighted by molar-refractivity contribution is 5.95. The lowest BCUT2D eigenvalue weighted by Gasteiger charge is -2.38. The first kappa shape index (κ1) is 20.0. The molecular weight excluding hydrogens is 352 g/mol. The second-order valence-electron chi connectivity index (χ2n) is 7.09. The van der Waals surface area contributed by atoms with E-state index in [-0.39, 0.29) is 30.0 Å². The van der Waals surface area contributed by atoms with Gasteiger partial charge in [-0.05, 0) is 51.5 Å². The topological polar surface area (TPSA) is 90.1 Å². The van der Waals surface area contributed by atoms with E-state index in [1.54, 1.807) is 6.07 Å². The van der Waals surface area contributed by atoms with E-state index in [4.69, 9.17) is 10.5 Å². The van der Waals surface area contributed by atoms with E-state index in [9.17, 15) is 4.79 Å². The Bertz CT molecular complexity index is 823. The molecule has 0 saturated carbocycles. The van der Waals surface area contributed by atoms with Gasteiger partial charge >= 0.3 is 0 Å². The van der Waals surface area contributed by atoms with Crippen LogP contribution in [0.4, 0.5) is 5.69 Å². The van der Waals surface area contributed by atoms with Crippen LogP contribution in [-0.4, -0.2) is 21.7 Å². The van der Waals surface area contributed by atoms with E-state index in [0.29, 0.717) is 29.8 Å². The SMILES string of the molecule is CCc1nnc(C)cc1C(=O)NC1CC(C)(C)Oc2ccc(N)cc21.Cl. The summed E-state index contributed by atoms with van der Waals surface area (Å²) in [6.07, 6.45) is 1.31. The van der Waals surface area contributed by atoms with Crippen LogP contribution in [0, 0.1) is 6.92 Å². The Morgan fingerprint density at radius 2 is 2.08 bits per heavy atom. The van der Waals surface area contributed by atoms with Gasteiger partial charge in [-0.2, -0.15) is 10.2 Å². The third kappa shape index (κ3) is 4.07. The van der Waals surface area contributed by atoms with E-state index in [1.165, 1.54) is 0 Å². The van der Waals surface area contributed by atoms with Crippen LogP contribution in [-0.2, 0) is 6.42 Å². The first-order valence-electron chi connectivity index (χ1n) is 8.51. The molecule has 6 nitrogen and oxygen atoms in total. The summed E-state index contributed by atoms with van der Waals surface area (Å²) in [6, 6.07) is 7.15. The lowest BCUT2D eigenvalue weighted by molar-refractivity contribution is 0.0619. The first-order valence-corrected chi connectivity index (χ1v) is 8.51. The Kier molecular flexibility index (Phi) is 5.76. The van der Waals surface area contributed by atoms with Crippen LogP contribution in [0.3, 0.4) is 0 Å². The summed E-state index contributed by atoms with van der Waals surface area (Å²) in [5, 5.41) is 11.3. The van der Waals surface area contributed by atoms with E-state index in [0.717, 1.165) is 17.0 Å². The van der Waals surface area contributed by atoms with Crippen molar-refractivity contribution in [2.75, 3.05) is 5.73 Å². The number of aryl methyl sites for hydroxylation is 2. The van der Waals surface area contributed by atoms with Crippen molar-refractivity contribution in [1.82, 2.24) is 15.5 Å². The van der Waals surface area contributed by atoms with Gasteiger partial charge in [0.1, 0.15) is 11.4 Å². The number of amides is 1. The molecule has 1 unspecified atom stereocenters. The minimum Gasteiger partial charge on any atom is -0.487 e. The standard InChI is InChI=1S/C19H24N4O2.ClH/c1-5-15-14(8-11(2)22-23-15)18(24)21-16-10-19(3,4)25-17-7-6-12(20)9-13(16)17;/h6-9,16H,5,10,20H2,1-4H3,(H,21,24);1H. The highest BCUT2D eigenvalue weighted by Crippen LogP contribution is 2.40. The number of hydrogen-bond donors (Lipinski definition) is 2. The molecule has 26 heavy (non-hydrogen) atoms. The molecule has 1 aromatic carbocycles. The summed E-state index contributed by atoms with van der Waals surface area (Å²) >= 11 is 0. The fourth-order valence-electron chi connectivity index (χ4n) is 3.21. The molecule has 1 aliphatic heterocycles. The molecule has 7 heteroatoms. The predicted molar refractivity (Wildman–Crippen MR) is 104 cm³/mol. The van der Waals surface area contributed by atoms with Crippen molar-refractivity contribution in [3.63, 3.8) is 0 Å². The number of halogens is 1. The number of nitrogens with one attached hydrogen (secondary N) is 1. The molecule has 0 radical (unpaired) electrons. The van der Waals surface area contributed by atoms with E-state index in [2.05, 4.69) is 15.5 Å². The van der Waals surface area contributed by atoms with Crippen molar-refractivity contribution in [1.29, 1.82) is 0 Å². The number of carbonyl (C=O) groups excluding carboxylic acids is 1. The largest absolute Gasteiger partial charge is 0.487 e. The summed E-state index contributed by atoms with van der Waals surface area (Å²) in [7, 11) is 0. The molecule has 0 aliphatic carbocycles. The molecule has 1 aromatic heterocycles. The lowest BCUT2D eigenvalue weighted by Crippen LogP contribution is -2.41. The van der Waals surface area contributed by atoms with Crippen LogP contribution in [0.25, 0.3) is 0 Å². The van der Waals surface area contributed by atoms with Crippen molar-refractivity contribution in [2.24, 2.45) is 0 Å². The zero-order valence-electron chi connectivity index (χ0n) is 15.5. The van der Waals surface area contributed by atoms with E-state index in [1.807, 2.05) is 45.9 Å². The number of hydrogen-bond acceptors (Lipinski definition) is 5. The summed E-state index contributed by atoms with van der Waals surface area (Å²) in [5.74, 6) is 0.612. The van der Waals surface area contributed by atoms with Crippen molar-refractivity contribution in [2.45, 2.75) is 52.2 Å². The average molecular weight is 377 g/mol. The fraction of sp³-hybridized carbons (Fsp3) is 0.421. The molecule has 2 heterocycles. The number of benzene rings is 1. The maximum absolute atomic E-state index is 12.9. The van der Waals surface area contributed by atoms with Gasteiger partial charge in [0.15, 0.2) is 0 Å². The Hall–Kier alpha value is -2.34. The second-order valence-corrected chi connectivity index (χ2v) is 7.09. The van der Waals surface area contributed by atoms with Gasteiger partial charge in [0, 0.05) is 17.7 Å². The monoisotopic (exact) mass is 376 g/mol. The summed E-state index contributed by atoms with van der Waals surface area (Å²) in [6.45, 7) is 7.82. The fourth-order valence-corrected chi connectivity index (χ4v) is 3.21. The number of nitrogen functional groups attached to an aromatic ring is 1. The molecule has 1 amide bonds. The molecule has 3 N–H and O–H groups in total. The zero-order chi connectivity index (χ0) is 18.2. The van der Waals surface area contributed by atoms with Crippen LogP contribution < -0.4 is 15.8 Å². The minimum absolute atomic E-state index is 0. The number of anilines is 1. The number of ether oxygens (including phenoxy) is 1. The van der Waals surface area contributed by atoms with Gasteiger partial charge in [0.05, 0.1) is 23.0 Å². The highest BCUT2D eigenvalue weighted by atomic mass is 35.5. The van der Waals surface area contributed by atoms with Crippen LogP contribution in [0.1, 0.15) is 60.5 Å². The van der Waals surface area contributed by atoms with E-state index >= 15 is 0 Å². The number of carbonyl (C=O) groups is 1. The molecule has 0 spiro atoms. The Balaban J connectivity index is 0.00000243. The molecule has 1 atom stereocenters. The number of nitrogens with two attached hydrogens (primary N) is 1. The van der Waals surface area contributed by atoms with E-state index < -0.39 is 0 Å². The number of nitrogens with zero attached hydrogens (tertiary/aromatic N) is 2. The zero-order valence-corrected chi connectivity index (χ0v) is 16.3. The van der Waals surface area contributed by atoms with Gasteiger partial charge in [-0.1, -0.05) is 6.92 Å². The van der Waals surface area contributed by atoms with Gasteiger partial charge in [-0.15, -0.1) is 12.4 Å². The van der Waals surface area contributed by atoms with Crippen LogP contribution in [0.5, 0.6) is 5.75 Å². The Morgan fingerprint density at radius 3 is 2.77 bits per heavy atom. The molecule has 1 aliphatic rings. The average Bonchev–Trinajstić information content (AvgIpc) is 2.54. The molecular formula is C19H25ClN4O2. The van der Waals surface area contributed by atoms with Crippen molar-refractivity contribution >= 4 is 24.0 Å². The highest BCUT2D eigenvalue weighted by Gasteiger charge is 2.35. The molecule has 3 rings (SSSR count). The van der Waals surface area contributed by atoms with Gasteiger partial charge in [-0.25, -0.2) is 0 Å². The normalized spacial score (nSPS) is 17.5. The lowest BCUT2D eigenvalue weighted by atomic mass is 9.89. The number of aromatic nitrogens is 2. The Morgan fingerprint density at radius 1 is 1.35 bits per heavy atom. The summed E-state index contributed by atoms with van der Waals surface area (Å²) < 4.78 is 6.03. The van der Waals surface area contributed by atoms with Crippen LogP contribution >= 0.6 is 12.4 Å². The summed E-state index contributed by atoms with van der Waals surface area (Å²) in [5.41, 5.74) is 9.11. The third-order valence-corrected chi connectivity index (χ3v) is 4.37.